The topological polar surface area (TPSA) is 35.5 Å². The van der Waals surface area contributed by atoms with E-state index in [2.05, 4.69) is 31.9 Å². The minimum atomic E-state index is -1.17. The van der Waals surface area contributed by atoms with Gasteiger partial charge in [-0.3, -0.25) is 0 Å². The predicted octanol–water partition coefficient (Wildman–Crippen LogP) is 6.37. The summed E-state index contributed by atoms with van der Waals surface area (Å²) >= 11 is 17.4. The van der Waals surface area contributed by atoms with Crippen molar-refractivity contribution in [2.45, 2.75) is 0 Å². The zero-order valence-corrected chi connectivity index (χ0v) is 15.0. The number of hydrogen-bond acceptors (Lipinski definition) is 3. The molecule has 0 spiro atoms. The fourth-order valence-corrected chi connectivity index (χ4v) is 2.39. The number of benzene rings is 2. The molecule has 0 N–H and O–H groups in total. The molecular formula is C13H4Br2Cl2F2O3. The molecule has 0 unspecified atom stereocenters. The Morgan fingerprint density at radius 3 is 1.59 bits per heavy atom. The van der Waals surface area contributed by atoms with Crippen molar-refractivity contribution >= 4 is 61.2 Å². The Kier molecular flexibility index (Phi) is 5.65. The normalized spacial score (nSPS) is 10.5. The Bertz CT molecular complexity index is 695. The van der Waals surface area contributed by atoms with Gasteiger partial charge in [-0.25, -0.2) is 13.6 Å². The maximum absolute atomic E-state index is 13.2. The summed E-state index contributed by atoms with van der Waals surface area (Å²) < 4.78 is 36.3. The molecule has 0 amide bonds. The molecule has 0 aliphatic rings. The van der Waals surface area contributed by atoms with Crippen molar-refractivity contribution < 1.29 is 23.0 Å². The molecule has 0 aliphatic carbocycles. The average molecular weight is 477 g/mol. The number of rotatable bonds is 2. The first-order chi connectivity index (χ1) is 10.3. The van der Waals surface area contributed by atoms with Crippen molar-refractivity contribution in [1.29, 1.82) is 0 Å². The summed E-state index contributed by atoms with van der Waals surface area (Å²) in [5.74, 6) is -1.46. The van der Waals surface area contributed by atoms with E-state index in [9.17, 15) is 13.6 Å². The minimum absolute atomic E-state index is 0.0576. The third-order valence-corrected chi connectivity index (χ3v) is 4.14. The molecular weight excluding hydrogens is 473 g/mol. The van der Waals surface area contributed by atoms with E-state index in [0.717, 1.165) is 12.1 Å². The summed E-state index contributed by atoms with van der Waals surface area (Å²) in [6, 6.07) is 4.27. The number of hydrogen-bond donors (Lipinski definition) is 0. The molecule has 2 rings (SSSR count). The Morgan fingerprint density at radius 2 is 1.23 bits per heavy atom. The summed E-state index contributed by atoms with van der Waals surface area (Å²) in [5.41, 5.74) is 0. The molecule has 0 atom stereocenters. The van der Waals surface area contributed by atoms with Crippen molar-refractivity contribution in [1.82, 2.24) is 0 Å². The highest BCUT2D eigenvalue weighted by atomic mass is 79.9. The summed E-state index contributed by atoms with van der Waals surface area (Å²) in [5, 5.41) is -0.243. The molecule has 0 aromatic heterocycles. The fraction of sp³-hybridized carbons (Fsp3) is 0. The van der Waals surface area contributed by atoms with Gasteiger partial charge in [0.05, 0.1) is 19.0 Å². The van der Waals surface area contributed by atoms with E-state index in [-0.39, 0.29) is 30.5 Å². The third kappa shape index (κ3) is 4.10. The van der Waals surface area contributed by atoms with E-state index in [0.29, 0.717) is 0 Å². The SMILES string of the molecule is O=C(Oc1cc(Br)c(F)cc1Cl)Oc1cc(Br)c(F)cc1Cl. The highest BCUT2D eigenvalue weighted by molar-refractivity contribution is 9.10. The Balaban J connectivity index is 2.17. The quantitative estimate of drug-likeness (QED) is 0.287. The van der Waals surface area contributed by atoms with Gasteiger partial charge in [0.1, 0.15) is 11.6 Å². The maximum Gasteiger partial charge on any atom is 0.519 e. The number of carbonyl (C=O) groups is 1. The molecule has 0 saturated heterocycles. The first kappa shape index (κ1) is 17.5. The van der Waals surface area contributed by atoms with Crippen LogP contribution in [0.3, 0.4) is 0 Å². The highest BCUT2D eigenvalue weighted by Gasteiger charge is 2.16. The van der Waals surface area contributed by atoms with Crippen molar-refractivity contribution in [3.05, 3.63) is 54.9 Å². The smallest absolute Gasteiger partial charge is 0.393 e. The molecule has 22 heavy (non-hydrogen) atoms. The van der Waals surface area contributed by atoms with Crippen molar-refractivity contribution in [2.24, 2.45) is 0 Å². The predicted molar refractivity (Wildman–Crippen MR) is 84.9 cm³/mol. The van der Waals surface area contributed by atoms with Crippen LogP contribution < -0.4 is 9.47 Å². The molecule has 0 aliphatic heterocycles. The second kappa shape index (κ2) is 7.12. The van der Waals surface area contributed by atoms with Gasteiger partial charge >= 0.3 is 6.16 Å². The van der Waals surface area contributed by atoms with Crippen LogP contribution in [0.25, 0.3) is 0 Å². The largest absolute Gasteiger partial charge is 0.519 e. The molecule has 2 aromatic rings. The van der Waals surface area contributed by atoms with Crippen molar-refractivity contribution in [3.8, 4) is 11.5 Å². The second-order valence-electron chi connectivity index (χ2n) is 3.85. The summed E-state index contributed by atoms with van der Waals surface area (Å²) in [6.45, 7) is 0. The molecule has 0 heterocycles. The van der Waals surface area contributed by atoms with Gasteiger partial charge in [-0.15, -0.1) is 0 Å². The molecule has 0 saturated carbocycles. The van der Waals surface area contributed by atoms with Crippen LogP contribution in [-0.4, -0.2) is 6.16 Å². The first-order valence-corrected chi connectivity index (χ1v) is 7.81. The lowest BCUT2D eigenvalue weighted by molar-refractivity contribution is 0.151. The Labute approximate surface area is 150 Å². The van der Waals surface area contributed by atoms with Crippen LogP contribution in [0.5, 0.6) is 11.5 Å². The first-order valence-electron chi connectivity index (χ1n) is 5.46. The van der Waals surface area contributed by atoms with Crippen molar-refractivity contribution in [3.63, 3.8) is 0 Å². The maximum atomic E-state index is 13.2. The van der Waals surface area contributed by atoms with Gasteiger partial charge in [0.15, 0.2) is 11.5 Å². The highest BCUT2D eigenvalue weighted by Crippen LogP contribution is 2.33. The fourth-order valence-electron chi connectivity index (χ4n) is 1.37. The lowest BCUT2D eigenvalue weighted by Gasteiger charge is -2.09. The van der Waals surface area contributed by atoms with E-state index in [4.69, 9.17) is 32.7 Å². The molecule has 9 heteroatoms. The molecule has 0 fully saturated rings. The van der Waals surface area contributed by atoms with E-state index in [1.807, 2.05) is 0 Å². The number of carbonyl (C=O) groups excluding carboxylic acids is 1. The lowest BCUT2D eigenvalue weighted by atomic mass is 10.3. The van der Waals surface area contributed by atoms with Gasteiger partial charge in [-0.2, -0.15) is 0 Å². The summed E-state index contributed by atoms with van der Waals surface area (Å²) in [7, 11) is 0. The molecule has 0 radical (unpaired) electrons. The van der Waals surface area contributed by atoms with Gasteiger partial charge < -0.3 is 9.47 Å². The van der Waals surface area contributed by atoms with Gasteiger partial charge in [-0.1, -0.05) is 23.2 Å². The van der Waals surface area contributed by atoms with Gasteiger partial charge in [0, 0.05) is 0 Å². The summed E-state index contributed by atoms with van der Waals surface area (Å²) in [6.07, 6.45) is -1.17. The van der Waals surface area contributed by atoms with E-state index in [1.165, 1.54) is 12.1 Å². The molecule has 2 aromatic carbocycles. The van der Waals surface area contributed by atoms with Crippen LogP contribution in [0.15, 0.2) is 33.2 Å². The van der Waals surface area contributed by atoms with Gasteiger partial charge in [-0.05, 0) is 56.1 Å². The van der Waals surface area contributed by atoms with Gasteiger partial charge in [0.2, 0.25) is 0 Å². The average Bonchev–Trinajstić information content (AvgIpc) is 2.42. The van der Waals surface area contributed by atoms with E-state index >= 15 is 0 Å². The van der Waals surface area contributed by atoms with E-state index < -0.39 is 17.8 Å². The molecule has 3 nitrogen and oxygen atoms in total. The lowest BCUT2D eigenvalue weighted by Crippen LogP contribution is -2.14. The zero-order chi connectivity index (χ0) is 16.4. The van der Waals surface area contributed by atoms with E-state index in [1.54, 1.807) is 0 Å². The van der Waals surface area contributed by atoms with Crippen molar-refractivity contribution in [2.75, 3.05) is 0 Å². The number of halogens is 6. The Morgan fingerprint density at radius 1 is 0.864 bits per heavy atom. The third-order valence-electron chi connectivity index (χ3n) is 2.34. The number of ether oxygens (including phenoxy) is 2. The van der Waals surface area contributed by atoms with Crippen LogP contribution >= 0.6 is 55.1 Å². The second-order valence-corrected chi connectivity index (χ2v) is 6.37. The minimum Gasteiger partial charge on any atom is -0.393 e. The van der Waals surface area contributed by atoms with Crippen LogP contribution in [0.4, 0.5) is 13.6 Å². The monoisotopic (exact) mass is 474 g/mol. The standard InChI is InChI=1S/C13H4Br2Cl2F2O3/c14-5-1-11(7(16)3-9(5)18)21-13(20)22-12-2-6(15)10(19)4-8(12)17/h1-4H. The van der Waals surface area contributed by atoms with Crippen LogP contribution in [0.1, 0.15) is 0 Å². The van der Waals surface area contributed by atoms with Crippen LogP contribution in [0.2, 0.25) is 10.0 Å². The molecule has 0 bridgehead atoms. The van der Waals surface area contributed by atoms with Gasteiger partial charge in [0.25, 0.3) is 0 Å². The van der Waals surface area contributed by atoms with Crippen LogP contribution in [0, 0.1) is 11.6 Å². The zero-order valence-electron chi connectivity index (χ0n) is 10.3. The molecule has 116 valence electrons. The van der Waals surface area contributed by atoms with Crippen LogP contribution in [-0.2, 0) is 0 Å². The summed E-state index contributed by atoms with van der Waals surface area (Å²) in [4.78, 5) is 11.7. The Hall–Kier alpha value is -0.890.